The molecule has 0 saturated heterocycles. The number of nitrogens with one attached hydrogen (secondary N) is 1. The summed E-state index contributed by atoms with van der Waals surface area (Å²) in [4.78, 5) is 15.6. The van der Waals surface area contributed by atoms with E-state index in [1.807, 2.05) is 0 Å². The van der Waals surface area contributed by atoms with Crippen molar-refractivity contribution in [3.05, 3.63) is 52.3 Å². The van der Waals surface area contributed by atoms with E-state index in [0.29, 0.717) is 15.6 Å². The standard InChI is InChI=1S/C13H10BrN3O3/c14-10-3-9(5-15-7-10)13(20)17-16-6-8-1-2-11(18)4-12(8)19/h1-7,18-19H,(H,17,20)/b16-6-. The van der Waals surface area contributed by atoms with Crippen molar-refractivity contribution in [3.8, 4) is 11.5 Å². The Hall–Kier alpha value is -2.41. The van der Waals surface area contributed by atoms with Gasteiger partial charge in [-0.25, -0.2) is 5.43 Å². The Kier molecular flexibility index (Phi) is 4.31. The fourth-order valence-corrected chi connectivity index (χ4v) is 1.77. The zero-order valence-electron chi connectivity index (χ0n) is 10.1. The largest absolute Gasteiger partial charge is 0.508 e. The van der Waals surface area contributed by atoms with Crippen LogP contribution in [0.2, 0.25) is 0 Å². The second kappa shape index (κ2) is 6.16. The maximum Gasteiger partial charge on any atom is 0.272 e. The van der Waals surface area contributed by atoms with Crippen molar-refractivity contribution in [1.29, 1.82) is 0 Å². The number of amides is 1. The summed E-state index contributed by atoms with van der Waals surface area (Å²) < 4.78 is 0.685. The molecule has 20 heavy (non-hydrogen) atoms. The first-order valence-electron chi connectivity index (χ1n) is 5.52. The molecule has 6 nitrogen and oxygen atoms in total. The highest BCUT2D eigenvalue weighted by molar-refractivity contribution is 9.10. The minimum absolute atomic E-state index is 0.0519. The fraction of sp³-hybridized carbons (Fsp3) is 0. The summed E-state index contributed by atoms with van der Waals surface area (Å²) in [7, 11) is 0. The van der Waals surface area contributed by atoms with Crippen molar-refractivity contribution >= 4 is 28.1 Å². The first-order chi connectivity index (χ1) is 9.56. The average Bonchev–Trinajstić information content (AvgIpc) is 2.41. The molecule has 0 aliphatic heterocycles. The molecular formula is C13H10BrN3O3. The number of rotatable bonds is 3. The Morgan fingerprint density at radius 1 is 1.30 bits per heavy atom. The minimum atomic E-state index is -0.423. The molecule has 0 atom stereocenters. The molecule has 0 spiro atoms. The number of aromatic hydroxyl groups is 2. The van der Waals surface area contributed by atoms with E-state index in [9.17, 15) is 9.90 Å². The Labute approximate surface area is 122 Å². The van der Waals surface area contributed by atoms with Crippen LogP contribution < -0.4 is 5.43 Å². The van der Waals surface area contributed by atoms with Gasteiger partial charge in [-0.2, -0.15) is 5.10 Å². The van der Waals surface area contributed by atoms with E-state index in [1.54, 1.807) is 12.3 Å². The molecular weight excluding hydrogens is 326 g/mol. The van der Waals surface area contributed by atoms with E-state index in [4.69, 9.17) is 5.11 Å². The van der Waals surface area contributed by atoms with E-state index in [1.165, 1.54) is 30.6 Å². The second-order valence-corrected chi connectivity index (χ2v) is 4.75. The number of halogens is 1. The number of carbonyl (C=O) groups excluding carboxylic acids is 1. The smallest absolute Gasteiger partial charge is 0.272 e. The third-order valence-electron chi connectivity index (χ3n) is 2.35. The van der Waals surface area contributed by atoms with Gasteiger partial charge in [-0.05, 0) is 34.1 Å². The minimum Gasteiger partial charge on any atom is -0.508 e. The summed E-state index contributed by atoms with van der Waals surface area (Å²) >= 11 is 3.21. The normalized spacial score (nSPS) is 10.7. The van der Waals surface area contributed by atoms with Crippen LogP contribution in [0.25, 0.3) is 0 Å². The van der Waals surface area contributed by atoms with Gasteiger partial charge >= 0.3 is 0 Å². The van der Waals surface area contributed by atoms with E-state index in [0.717, 1.165) is 0 Å². The average molecular weight is 336 g/mol. The molecule has 0 bridgehead atoms. The summed E-state index contributed by atoms with van der Waals surface area (Å²) in [6, 6.07) is 5.67. The van der Waals surface area contributed by atoms with E-state index < -0.39 is 5.91 Å². The number of phenolic OH excluding ortho intramolecular Hbond substituents is 2. The Morgan fingerprint density at radius 3 is 2.80 bits per heavy atom. The van der Waals surface area contributed by atoms with Gasteiger partial charge in [0.2, 0.25) is 0 Å². The number of hydrogen-bond acceptors (Lipinski definition) is 5. The lowest BCUT2D eigenvalue weighted by atomic mass is 10.2. The molecule has 0 fully saturated rings. The van der Waals surface area contributed by atoms with Crippen LogP contribution in [0.3, 0.4) is 0 Å². The lowest BCUT2D eigenvalue weighted by Crippen LogP contribution is -2.17. The number of hydrazone groups is 1. The second-order valence-electron chi connectivity index (χ2n) is 3.83. The van der Waals surface area contributed by atoms with Gasteiger partial charge < -0.3 is 10.2 Å². The van der Waals surface area contributed by atoms with Gasteiger partial charge in [0.1, 0.15) is 11.5 Å². The maximum atomic E-state index is 11.7. The van der Waals surface area contributed by atoms with Crippen LogP contribution in [-0.4, -0.2) is 27.3 Å². The van der Waals surface area contributed by atoms with Gasteiger partial charge in [-0.3, -0.25) is 9.78 Å². The number of phenols is 2. The lowest BCUT2D eigenvalue weighted by Gasteiger charge is -2.01. The predicted molar refractivity (Wildman–Crippen MR) is 76.8 cm³/mol. The van der Waals surface area contributed by atoms with Crippen LogP contribution in [0.5, 0.6) is 11.5 Å². The highest BCUT2D eigenvalue weighted by Gasteiger charge is 2.05. The first kappa shape index (κ1) is 14.0. The van der Waals surface area contributed by atoms with E-state index >= 15 is 0 Å². The highest BCUT2D eigenvalue weighted by atomic mass is 79.9. The van der Waals surface area contributed by atoms with Crippen LogP contribution in [0.4, 0.5) is 0 Å². The summed E-state index contributed by atoms with van der Waals surface area (Å²) in [6.45, 7) is 0. The number of carbonyl (C=O) groups is 1. The molecule has 0 aliphatic carbocycles. The Bertz CT molecular complexity index is 674. The summed E-state index contributed by atoms with van der Waals surface area (Å²) in [5, 5.41) is 22.4. The fourth-order valence-electron chi connectivity index (χ4n) is 1.40. The zero-order chi connectivity index (χ0) is 14.5. The first-order valence-corrected chi connectivity index (χ1v) is 6.31. The van der Waals surface area contributed by atoms with Crippen molar-refractivity contribution in [2.24, 2.45) is 5.10 Å². The summed E-state index contributed by atoms with van der Waals surface area (Å²) in [5.74, 6) is -0.607. The highest BCUT2D eigenvalue weighted by Crippen LogP contribution is 2.20. The molecule has 1 heterocycles. The third kappa shape index (κ3) is 3.55. The molecule has 1 aromatic carbocycles. The maximum absolute atomic E-state index is 11.7. The van der Waals surface area contributed by atoms with Gasteiger partial charge in [0, 0.05) is 28.5 Å². The van der Waals surface area contributed by atoms with Crippen molar-refractivity contribution in [2.45, 2.75) is 0 Å². The van der Waals surface area contributed by atoms with Gasteiger partial charge in [-0.15, -0.1) is 0 Å². The molecule has 1 amide bonds. The number of pyridine rings is 1. The SMILES string of the molecule is O=C(N/N=C\c1ccc(O)cc1O)c1cncc(Br)c1. The van der Waals surface area contributed by atoms with E-state index in [-0.39, 0.29) is 11.5 Å². The Balaban J connectivity index is 2.04. The molecule has 2 rings (SSSR count). The van der Waals surface area contributed by atoms with Crippen molar-refractivity contribution in [1.82, 2.24) is 10.4 Å². The lowest BCUT2D eigenvalue weighted by molar-refractivity contribution is 0.0954. The van der Waals surface area contributed by atoms with E-state index in [2.05, 4.69) is 31.4 Å². The Morgan fingerprint density at radius 2 is 2.10 bits per heavy atom. The van der Waals surface area contributed by atoms with Crippen LogP contribution in [-0.2, 0) is 0 Å². The summed E-state index contributed by atoms with van der Waals surface area (Å²) in [5.41, 5.74) is 3.04. The van der Waals surface area contributed by atoms with Gasteiger partial charge in [0.25, 0.3) is 5.91 Å². The molecule has 3 N–H and O–H groups in total. The molecule has 0 unspecified atom stereocenters. The number of nitrogens with zero attached hydrogens (tertiary/aromatic N) is 2. The van der Waals surface area contributed by atoms with Crippen LogP contribution >= 0.6 is 15.9 Å². The van der Waals surface area contributed by atoms with Crippen molar-refractivity contribution in [2.75, 3.05) is 0 Å². The molecule has 102 valence electrons. The molecule has 1 aromatic heterocycles. The van der Waals surface area contributed by atoms with Gasteiger partial charge in [0.15, 0.2) is 0 Å². The monoisotopic (exact) mass is 335 g/mol. The third-order valence-corrected chi connectivity index (χ3v) is 2.78. The summed E-state index contributed by atoms with van der Waals surface area (Å²) in [6.07, 6.45) is 4.25. The molecule has 0 radical (unpaired) electrons. The molecule has 7 heteroatoms. The van der Waals surface area contributed by atoms with Crippen LogP contribution in [0, 0.1) is 0 Å². The van der Waals surface area contributed by atoms with Gasteiger partial charge in [-0.1, -0.05) is 0 Å². The molecule has 0 saturated carbocycles. The quantitative estimate of drug-likeness (QED) is 0.590. The molecule has 2 aromatic rings. The van der Waals surface area contributed by atoms with Crippen LogP contribution in [0.15, 0.2) is 46.2 Å². The number of benzene rings is 1. The van der Waals surface area contributed by atoms with Gasteiger partial charge in [0.05, 0.1) is 11.8 Å². The zero-order valence-corrected chi connectivity index (χ0v) is 11.7. The predicted octanol–water partition coefficient (Wildman–Crippen LogP) is 2.02. The molecule has 0 aliphatic rings. The van der Waals surface area contributed by atoms with Crippen molar-refractivity contribution in [3.63, 3.8) is 0 Å². The number of hydrogen-bond donors (Lipinski definition) is 3. The topological polar surface area (TPSA) is 94.8 Å². The van der Waals surface area contributed by atoms with Crippen molar-refractivity contribution < 1.29 is 15.0 Å². The number of aromatic nitrogens is 1. The van der Waals surface area contributed by atoms with Crippen LogP contribution in [0.1, 0.15) is 15.9 Å².